The molecule has 0 aromatic heterocycles. The van der Waals surface area contributed by atoms with Crippen molar-refractivity contribution in [1.29, 1.82) is 0 Å². The highest BCUT2D eigenvalue weighted by atomic mass is 16.6. The van der Waals surface area contributed by atoms with E-state index in [-0.39, 0.29) is 35.7 Å². The molecule has 24 heavy (non-hydrogen) atoms. The fraction of sp³-hybridized carbons (Fsp3) is 0.529. The van der Waals surface area contributed by atoms with E-state index in [4.69, 9.17) is 0 Å². The topological polar surface area (TPSA) is 101 Å². The maximum absolute atomic E-state index is 12.7. The number of benzene rings is 1. The van der Waals surface area contributed by atoms with E-state index >= 15 is 0 Å². The summed E-state index contributed by atoms with van der Waals surface area (Å²) in [6.45, 7) is 5.71. The number of nitro benzene ring substituents is 1. The number of hydrogen-bond donors (Lipinski definition) is 1. The molecule has 7 nitrogen and oxygen atoms in total. The van der Waals surface area contributed by atoms with E-state index in [1.165, 1.54) is 11.0 Å². The van der Waals surface area contributed by atoms with Crippen LogP contribution in [0.2, 0.25) is 0 Å². The molecule has 1 aromatic rings. The molecule has 2 unspecified atom stereocenters. The summed E-state index contributed by atoms with van der Waals surface area (Å²) in [4.78, 5) is 36.3. The first-order valence-corrected chi connectivity index (χ1v) is 8.04. The van der Waals surface area contributed by atoms with Crippen molar-refractivity contribution >= 4 is 17.6 Å². The molecular weight excluding hydrogens is 312 g/mol. The van der Waals surface area contributed by atoms with Crippen LogP contribution >= 0.6 is 0 Å². The predicted octanol–water partition coefficient (Wildman–Crippen LogP) is 3.04. The molecular formula is C17H22N2O5. The lowest BCUT2D eigenvalue weighted by atomic mass is 9.92. The van der Waals surface area contributed by atoms with Crippen LogP contribution in [-0.2, 0) is 4.79 Å². The molecule has 1 fully saturated rings. The smallest absolute Gasteiger partial charge is 0.308 e. The molecule has 1 amide bonds. The molecule has 1 saturated heterocycles. The minimum absolute atomic E-state index is 0.0279. The minimum atomic E-state index is -0.916. The average Bonchev–Trinajstić information content (AvgIpc) is 2.53. The van der Waals surface area contributed by atoms with E-state index in [0.29, 0.717) is 18.4 Å². The highest BCUT2D eigenvalue weighted by Crippen LogP contribution is 2.29. The van der Waals surface area contributed by atoms with Crippen LogP contribution in [0.1, 0.15) is 55.5 Å². The number of rotatable bonds is 4. The van der Waals surface area contributed by atoms with Gasteiger partial charge in [-0.1, -0.05) is 19.9 Å². The summed E-state index contributed by atoms with van der Waals surface area (Å²) in [5.41, 5.74) is 0.728. The van der Waals surface area contributed by atoms with Gasteiger partial charge < -0.3 is 10.0 Å². The third-order valence-electron chi connectivity index (χ3n) is 4.59. The molecule has 7 heteroatoms. The Kier molecular flexibility index (Phi) is 5.21. The third kappa shape index (κ3) is 3.55. The first-order chi connectivity index (χ1) is 11.2. The number of carboxylic acids is 1. The Labute approximate surface area is 140 Å². The van der Waals surface area contributed by atoms with E-state index in [0.717, 1.165) is 0 Å². The first kappa shape index (κ1) is 17.9. The fourth-order valence-electron chi connectivity index (χ4n) is 3.08. The van der Waals surface area contributed by atoms with Crippen molar-refractivity contribution in [3.63, 3.8) is 0 Å². The molecule has 0 aliphatic carbocycles. The Morgan fingerprint density at radius 1 is 1.33 bits per heavy atom. The van der Waals surface area contributed by atoms with Gasteiger partial charge in [0.1, 0.15) is 0 Å². The molecule has 0 bridgehead atoms. The largest absolute Gasteiger partial charge is 0.481 e. The maximum Gasteiger partial charge on any atom is 0.308 e. The summed E-state index contributed by atoms with van der Waals surface area (Å²) in [5, 5.41) is 20.5. The Morgan fingerprint density at radius 2 is 2.00 bits per heavy atom. The summed E-state index contributed by atoms with van der Waals surface area (Å²) >= 11 is 0. The minimum Gasteiger partial charge on any atom is -0.481 e. The van der Waals surface area contributed by atoms with Gasteiger partial charge in [-0.3, -0.25) is 19.7 Å². The molecule has 0 spiro atoms. The summed E-state index contributed by atoms with van der Waals surface area (Å²) < 4.78 is 0. The van der Waals surface area contributed by atoms with E-state index in [1.807, 2.05) is 20.8 Å². The number of piperidine rings is 1. The van der Waals surface area contributed by atoms with Crippen LogP contribution in [-0.4, -0.2) is 39.4 Å². The van der Waals surface area contributed by atoms with E-state index in [2.05, 4.69) is 0 Å². The summed E-state index contributed by atoms with van der Waals surface area (Å²) in [5.74, 6) is -1.89. The van der Waals surface area contributed by atoms with Gasteiger partial charge in [0.05, 0.1) is 10.8 Å². The van der Waals surface area contributed by atoms with Crippen LogP contribution < -0.4 is 0 Å². The molecule has 1 aliphatic rings. The number of hydrogen-bond acceptors (Lipinski definition) is 4. The number of carboxylic acid groups (broad SMARTS) is 1. The second-order valence-electron chi connectivity index (χ2n) is 6.60. The zero-order valence-corrected chi connectivity index (χ0v) is 14.1. The zero-order valence-electron chi connectivity index (χ0n) is 14.1. The van der Waals surface area contributed by atoms with Gasteiger partial charge in [0.15, 0.2) is 0 Å². The van der Waals surface area contributed by atoms with Crippen molar-refractivity contribution in [1.82, 2.24) is 4.90 Å². The van der Waals surface area contributed by atoms with Crippen LogP contribution in [0.4, 0.5) is 5.69 Å². The maximum atomic E-state index is 12.7. The summed E-state index contributed by atoms with van der Waals surface area (Å²) in [6.07, 6.45) is 1.14. The van der Waals surface area contributed by atoms with Gasteiger partial charge in [0.2, 0.25) is 0 Å². The Balaban J connectivity index is 2.33. The van der Waals surface area contributed by atoms with Crippen molar-refractivity contribution in [2.45, 2.75) is 45.6 Å². The summed E-state index contributed by atoms with van der Waals surface area (Å²) in [7, 11) is 0. The van der Waals surface area contributed by atoms with E-state index in [9.17, 15) is 24.8 Å². The van der Waals surface area contributed by atoms with Crippen LogP contribution in [0.3, 0.4) is 0 Å². The number of nitro groups is 1. The van der Waals surface area contributed by atoms with Gasteiger partial charge in [-0.25, -0.2) is 0 Å². The van der Waals surface area contributed by atoms with Gasteiger partial charge in [-0.2, -0.15) is 0 Å². The number of likely N-dealkylation sites (tertiary alicyclic amines) is 1. The quantitative estimate of drug-likeness (QED) is 0.673. The lowest BCUT2D eigenvalue weighted by molar-refractivity contribution is -0.385. The molecule has 130 valence electrons. The van der Waals surface area contributed by atoms with Crippen molar-refractivity contribution < 1.29 is 19.6 Å². The lowest BCUT2D eigenvalue weighted by Crippen LogP contribution is -2.47. The van der Waals surface area contributed by atoms with Gasteiger partial charge in [-0.05, 0) is 31.7 Å². The van der Waals surface area contributed by atoms with Crippen molar-refractivity contribution in [3.8, 4) is 0 Å². The molecule has 1 heterocycles. The van der Waals surface area contributed by atoms with Crippen LogP contribution in [0.5, 0.6) is 0 Å². The normalized spacial score (nSPS) is 20.9. The SMILES string of the molecule is CC(C)c1ccc(C(=O)N2CC(C(=O)O)CCC2C)cc1[N+](=O)[O-]. The molecule has 2 rings (SSSR count). The van der Waals surface area contributed by atoms with E-state index in [1.54, 1.807) is 12.1 Å². The number of aliphatic carboxylic acids is 1. The molecule has 1 aliphatic heterocycles. The van der Waals surface area contributed by atoms with Gasteiger partial charge >= 0.3 is 5.97 Å². The van der Waals surface area contributed by atoms with Crippen molar-refractivity contribution in [2.24, 2.45) is 5.92 Å². The average molecular weight is 334 g/mol. The molecule has 0 saturated carbocycles. The molecule has 2 atom stereocenters. The standard InChI is InChI=1S/C17H22N2O5/c1-10(2)14-7-6-12(8-15(14)19(23)24)16(20)18-9-13(17(21)22)5-4-11(18)3/h6-8,10-11,13H,4-5,9H2,1-3H3,(H,21,22). The Morgan fingerprint density at radius 3 is 2.54 bits per heavy atom. The van der Waals surface area contributed by atoms with Crippen molar-refractivity contribution in [2.75, 3.05) is 6.54 Å². The van der Waals surface area contributed by atoms with E-state index < -0.39 is 16.8 Å². The molecule has 1 N–H and O–H groups in total. The van der Waals surface area contributed by atoms with Crippen LogP contribution in [0.25, 0.3) is 0 Å². The fourth-order valence-corrected chi connectivity index (χ4v) is 3.08. The predicted molar refractivity (Wildman–Crippen MR) is 88.0 cm³/mol. The lowest BCUT2D eigenvalue weighted by Gasteiger charge is -2.36. The number of carbonyl (C=O) groups excluding carboxylic acids is 1. The highest BCUT2D eigenvalue weighted by molar-refractivity contribution is 5.95. The Hall–Kier alpha value is -2.44. The second-order valence-corrected chi connectivity index (χ2v) is 6.60. The zero-order chi connectivity index (χ0) is 18.0. The van der Waals surface area contributed by atoms with Gasteiger partial charge in [-0.15, -0.1) is 0 Å². The van der Waals surface area contributed by atoms with Gasteiger partial charge in [0, 0.05) is 29.8 Å². The first-order valence-electron chi connectivity index (χ1n) is 8.04. The van der Waals surface area contributed by atoms with Crippen molar-refractivity contribution in [3.05, 3.63) is 39.4 Å². The number of carbonyl (C=O) groups is 2. The third-order valence-corrected chi connectivity index (χ3v) is 4.59. The summed E-state index contributed by atoms with van der Waals surface area (Å²) in [6, 6.07) is 4.41. The Bertz CT molecular complexity index is 671. The van der Waals surface area contributed by atoms with Crippen LogP contribution in [0, 0.1) is 16.0 Å². The molecule has 0 radical (unpaired) electrons. The highest BCUT2D eigenvalue weighted by Gasteiger charge is 2.33. The van der Waals surface area contributed by atoms with Crippen LogP contribution in [0.15, 0.2) is 18.2 Å². The monoisotopic (exact) mass is 334 g/mol. The van der Waals surface area contributed by atoms with Gasteiger partial charge in [0.25, 0.3) is 11.6 Å². The number of nitrogens with zero attached hydrogens (tertiary/aromatic N) is 2. The molecule has 1 aromatic carbocycles. The second kappa shape index (κ2) is 6.98. The number of amides is 1.